The molecule has 0 aliphatic heterocycles. The lowest BCUT2D eigenvalue weighted by molar-refractivity contribution is 1.60. The van der Waals surface area contributed by atoms with Gasteiger partial charge in [-0.25, -0.2) is 0 Å². The Hall–Kier alpha value is 0.557. The molecule has 0 saturated heterocycles. The zero-order valence-corrected chi connectivity index (χ0v) is 9.31. The van der Waals surface area contributed by atoms with Gasteiger partial charge in [-0.05, 0) is 12.1 Å². The zero-order valence-electron chi connectivity index (χ0n) is 5.59. The van der Waals surface area contributed by atoms with Gasteiger partial charge in [0.1, 0.15) is 0 Å². The third-order valence-corrected chi connectivity index (χ3v) is 3.04. The van der Waals surface area contributed by atoms with E-state index >= 15 is 0 Å². The van der Waals surface area contributed by atoms with Gasteiger partial charge in [-0.1, -0.05) is 23.8 Å². The predicted octanol–water partition coefficient (Wildman–Crippen LogP) is 1.77. The van der Waals surface area contributed by atoms with E-state index < -0.39 is 0 Å². The minimum Gasteiger partial charge on any atom is -0.114 e. The van der Waals surface area contributed by atoms with E-state index in [-0.39, 0.29) is 9.52 Å². The number of rotatable bonds is 4. The average molecular weight is 176 g/mol. The molecule has 0 fully saturated rings. The summed E-state index contributed by atoms with van der Waals surface area (Å²) in [6, 6.07) is 2.66. The summed E-state index contributed by atoms with van der Waals surface area (Å²) in [5.74, 6) is 4.11. The molecule has 0 aromatic carbocycles. The van der Waals surface area contributed by atoms with Crippen LogP contribution < -0.4 is 0 Å². The van der Waals surface area contributed by atoms with E-state index in [1.807, 2.05) is 0 Å². The van der Waals surface area contributed by atoms with Gasteiger partial charge in [-0.15, -0.1) is 18.5 Å². The second kappa shape index (κ2) is 8.56. The van der Waals surface area contributed by atoms with E-state index in [1.54, 1.807) is 0 Å². The van der Waals surface area contributed by atoms with Gasteiger partial charge in [0, 0.05) is 9.52 Å². The van der Waals surface area contributed by atoms with Gasteiger partial charge in [0.25, 0.3) is 0 Å². The normalized spacial score (nSPS) is 13.1. The van der Waals surface area contributed by atoms with E-state index in [0.717, 1.165) is 0 Å². The average Bonchev–Trinajstić information content (AvgIpc) is 1.89. The standard InChI is InChI=1S/C6H14P2Si/c7-3-1-5-9-6-2-4-8/h1-4H,5-9H2. The van der Waals surface area contributed by atoms with Crippen molar-refractivity contribution in [3.8, 4) is 0 Å². The van der Waals surface area contributed by atoms with E-state index in [4.69, 9.17) is 0 Å². The molecule has 0 radical (unpaired) electrons. The largest absolute Gasteiger partial charge is 0.114 e. The molecule has 0 saturated carbocycles. The molecule has 0 rings (SSSR count). The molecule has 0 nitrogen and oxygen atoms in total. The third-order valence-electron chi connectivity index (χ3n) is 1.01. The van der Waals surface area contributed by atoms with Crippen molar-refractivity contribution in [1.29, 1.82) is 0 Å². The van der Waals surface area contributed by atoms with Crippen molar-refractivity contribution in [3.05, 3.63) is 23.8 Å². The molecule has 9 heavy (non-hydrogen) atoms. The highest BCUT2D eigenvalue weighted by Gasteiger charge is 1.78. The van der Waals surface area contributed by atoms with E-state index in [0.29, 0.717) is 0 Å². The van der Waals surface area contributed by atoms with Crippen molar-refractivity contribution in [1.82, 2.24) is 0 Å². The summed E-state index contributed by atoms with van der Waals surface area (Å²) in [6.07, 6.45) is 4.46. The zero-order chi connectivity index (χ0) is 6.95. The lowest BCUT2D eigenvalue weighted by atomic mass is 10.7. The van der Waals surface area contributed by atoms with Crippen molar-refractivity contribution in [2.45, 2.75) is 12.1 Å². The highest BCUT2D eigenvalue weighted by atomic mass is 31.0. The topological polar surface area (TPSA) is 0 Å². The Morgan fingerprint density at radius 2 is 1.44 bits per heavy atom. The first-order valence-corrected chi connectivity index (χ1v) is 6.48. The Labute approximate surface area is 64.4 Å². The summed E-state index contributed by atoms with van der Waals surface area (Å²) in [5, 5.41) is 0. The molecule has 0 aliphatic carbocycles. The molecule has 0 aromatic heterocycles. The third kappa shape index (κ3) is 8.56. The van der Waals surface area contributed by atoms with E-state index in [1.165, 1.54) is 12.1 Å². The van der Waals surface area contributed by atoms with Crippen LogP contribution in [0.4, 0.5) is 0 Å². The first-order valence-electron chi connectivity index (χ1n) is 3.15. The molecule has 0 N–H and O–H groups in total. The Balaban J connectivity index is 2.91. The van der Waals surface area contributed by atoms with Crippen LogP contribution in [-0.4, -0.2) is 9.52 Å². The molecule has 0 heterocycles. The van der Waals surface area contributed by atoms with Gasteiger partial charge < -0.3 is 0 Å². The Morgan fingerprint density at radius 1 is 1.00 bits per heavy atom. The maximum atomic E-state index is 2.60. The summed E-state index contributed by atoms with van der Waals surface area (Å²) in [6.45, 7) is 0. The quantitative estimate of drug-likeness (QED) is 0.348. The molecule has 2 atom stereocenters. The minimum absolute atomic E-state index is 0.189. The van der Waals surface area contributed by atoms with Crippen molar-refractivity contribution < 1.29 is 0 Å². The SMILES string of the molecule is PC=CC[SiH2]CC=CP. The number of allylic oxidation sites excluding steroid dienone is 2. The van der Waals surface area contributed by atoms with Gasteiger partial charge >= 0.3 is 0 Å². The summed E-state index contributed by atoms with van der Waals surface area (Å²) in [4.78, 5) is 0. The first-order chi connectivity index (χ1) is 4.41. The van der Waals surface area contributed by atoms with Crippen molar-refractivity contribution in [2.24, 2.45) is 0 Å². The van der Waals surface area contributed by atoms with Crippen LogP contribution in [0.2, 0.25) is 12.1 Å². The first kappa shape index (κ1) is 9.56. The summed E-state index contributed by atoms with van der Waals surface area (Å²) < 4.78 is 0. The van der Waals surface area contributed by atoms with Crippen LogP contribution in [0.1, 0.15) is 0 Å². The smallest absolute Gasteiger partial charge is 0.0281 e. The minimum atomic E-state index is 0.189. The molecule has 0 amide bonds. The molecule has 0 bridgehead atoms. The molecular formula is C6H14P2Si. The monoisotopic (exact) mass is 176 g/mol. The fourth-order valence-electron chi connectivity index (χ4n) is 0.546. The van der Waals surface area contributed by atoms with Crippen molar-refractivity contribution in [2.75, 3.05) is 0 Å². The molecule has 2 unspecified atom stereocenters. The van der Waals surface area contributed by atoms with Crippen molar-refractivity contribution >= 4 is 28.0 Å². The van der Waals surface area contributed by atoms with Crippen LogP contribution in [0.3, 0.4) is 0 Å². The maximum Gasteiger partial charge on any atom is 0.0281 e. The van der Waals surface area contributed by atoms with Gasteiger partial charge in [0.15, 0.2) is 0 Å². The van der Waals surface area contributed by atoms with Gasteiger partial charge in [0.2, 0.25) is 0 Å². The summed E-state index contributed by atoms with van der Waals surface area (Å²) in [5.41, 5.74) is 0. The lowest BCUT2D eigenvalue weighted by Gasteiger charge is -1.85. The lowest BCUT2D eigenvalue weighted by Crippen LogP contribution is -1.80. The van der Waals surface area contributed by atoms with Gasteiger partial charge in [0.05, 0.1) is 0 Å². The van der Waals surface area contributed by atoms with Crippen LogP contribution in [0.25, 0.3) is 0 Å². The van der Waals surface area contributed by atoms with Crippen LogP contribution in [-0.2, 0) is 0 Å². The van der Waals surface area contributed by atoms with Crippen LogP contribution in [0, 0.1) is 0 Å². The van der Waals surface area contributed by atoms with Gasteiger partial charge in [-0.3, -0.25) is 0 Å². The van der Waals surface area contributed by atoms with Crippen LogP contribution >= 0.6 is 18.5 Å². The molecule has 3 heteroatoms. The molecule has 0 aliphatic rings. The highest BCUT2D eigenvalue weighted by molar-refractivity contribution is 7.20. The Kier molecular flexibility index (Phi) is 9.09. The highest BCUT2D eigenvalue weighted by Crippen LogP contribution is 1.94. The number of hydrogen-bond acceptors (Lipinski definition) is 0. The fraction of sp³-hybridized carbons (Fsp3) is 0.333. The van der Waals surface area contributed by atoms with Crippen LogP contribution in [0.5, 0.6) is 0 Å². The van der Waals surface area contributed by atoms with Crippen LogP contribution in [0.15, 0.2) is 23.8 Å². The summed E-state index contributed by atoms with van der Waals surface area (Å²) in [7, 11) is 5.38. The second-order valence-electron chi connectivity index (χ2n) is 1.79. The summed E-state index contributed by atoms with van der Waals surface area (Å²) >= 11 is 0. The Morgan fingerprint density at radius 3 is 1.78 bits per heavy atom. The molecular weight excluding hydrogens is 162 g/mol. The number of hydrogen-bond donors (Lipinski definition) is 0. The Bertz CT molecular complexity index is 87.2. The molecule has 0 aromatic rings. The fourth-order valence-corrected chi connectivity index (χ4v) is 2.79. The van der Waals surface area contributed by atoms with Gasteiger partial charge in [-0.2, -0.15) is 0 Å². The maximum absolute atomic E-state index is 2.60. The van der Waals surface area contributed by atoms with E-state index in [9.17, 15) is 0 Å². The van der Waals surface area contributed by atoms with E-state index in [2.05, 4.69) is 42.3 Å². The predicted molar refractivity (Wildman–Crippen MR) is 55.9 cm³/mol. The van der Waals surface area contributed by atoms with Crippen molar-refractivity contribution in [3.63, 3.8) is 0 Å². The molecule has 0 spiro atoms. The second-order valence-corrected chi connectivity index (χ2v) is 4.42. The molecule has 52 valence electrons.